The van der Waals surface area contributed by atoms with Crippen LogP contribution in [0, 0.1) is 0 Å². The Bertz CT molecular complexity index is 1330. The molecule has 1 aromatic heterocycles. The molecular formula is C26H26F5N5O2S. The lowest BCUT2D eigenvalue weighted by atomic mass is 10.1. The Morgan fingerprint density at radius 1 is 1.31 bits per heavy atom. The molecule has 1 heterocycles. The number of ether oxygens (including phenoxy) is 1. The number of nitrogen functional groups attached to an aromatic ring is 1. The van der Waals surface area contributed by atoms with Gasteiger partial charge in [0.25, 0.3) is 0 Å². The zero-order valence-corrected chi connectivity index (χ0v) is 21.8. The van der Waals surface area contributed by atoms with Crippen LogP contribution < -0.4 is 15.8 Å². The van der Waals surface area contributed by atoms with Crippen molar-refractivity contribution in [3.63, 3.8) is 0 Å². The van der Waals surface area contributed by atoms with Gasteiger partial charge in [-0.25, -0.2) is 9.38 Å². The lowest BCUT2D eigenvalue weighted by Gasteiger charge is -2.08. The molecule has 0 bridgehead atoms. The highest BCUT2D eigenvalue weighted by Gasteiger charge is 2.24. The number of carbonyl (C=O) groups is 1. The van der Waals surface area contributed by atoms with Gasteiger partial charge in [0.05, 0.1) is 23.9 Å². The summed E-state index contributed by atoms with van der Waals surface area (Å²) in [7, 11) is 0. The molecule has 3 N–H and O–H groups in total. The van der Waals surface area contributed by atoms with Gasteiger partial charge >= 0.3 is 6.18 Å². The van der Waals surface area contributed by atoms with E-state index in [-0.39, 0.29) is 46.7 Å². The molecule has 0 aliphatic rings. The maximum Gasteiger partial charge on any atom is 0.392 e. The Balaban J connectivity index is 2.39. The summed E-state index contributed by atoms with van der Waals surface area (Å²) >= 11 is -0.334. The maximum atomic E-state index is 14.2. The number of carbonyl (C=O) groups excluding carboxylic acids is 1. The van der Waals surface area contributed by atoms with Gasteiger partial charge in [-0.15, -0.1) is 3.89 Å². The molecule has 7 nitrogen and oxygen atoms in total. The van der Waals surface area contributed by atoms with Crippen molar-refractivity contribution in [2.24, 2.45) is 4.99 Å². The summed E-state index contributed by atoms with van der Waals surface area (Å²) in [5.41, 5.74) is 6.82. The van der Waals surface area contributed by atoms with Crippen molar-refractivity contribution in [3.05, 3.63) is 83.7 Å². The average molecular weight is 568 g/mol. The van der Waals surface area contributed by atoms with Crippen LogP contribution in [0.2, 0.25) is 0 Å². The van der Waals surface area contributed by atoms with Crippen LogP contribution in [0.4, 0.5) is 33.0 Å². The number of aliphatic imine (C=N–C) groups is 1. The monoisotopic (exact) mass is 567 g/mol. The van der Waals surface area contributed by atoms with Gasteiger partial charge in [0.1, 0.15) is 23.1 Å². The van der Waals surface area contributed by atoms with Gasteiger partial charge in [-0.1, -0.05) is 37.3 Å². The topological polar surface area (TPSA) is 94.5 Å². The third-order valence-corrected chi connectivity index (χ3v) is 5.30. The van der Waals surface area contributed by atoms with Crippen molar-refractivity contribution in [2.45, 2.75) is 32.9 Å². The summed E-state index contributed by atoms with van der Waals surface area (Å²) in [6.07, 6.45) is 4.42. The van der Waals surface area contributed by atoms with Crippen molar-refractivity contribution in [1.82, 2.24) is 9.19 Å². The molecule has 0 saturated heterocycles. The van der Waals surface area contributed by atoms with Gasteiger partial charge in [0.15, 0.2) is 24.4 Å². The van der Waals surface area contributed by atoms with Crippen molar-refractivity contribution in [3.8, 4) is 17.0 Å². The largest absolute Gasteiger partial charge is 0.463 e. The third-order valence-electron chi connectivity index (χ3n) is 4.91. The van der Waals surface area contributed by atoms with E-state index in [9.17, 15) is 26.2 Å². The van der Waals surface area contributed by atoms with Gasteiger partial charge in [0.2, 0.25) is 0 Å². The van der Waals surface area contributed by atoms with E-state index in [4.69, 9.17) is 10.5 Å². The standard InChI is InChI=1S/C26H26F5N5O2S/c1-4-5-8-17(2)20(27)12-14-38-22-15-18(10-11-21(22)32)24-19(16-37)25(36(35-24)39-31)34-23(33-3)9-6-7-13-26(28,29)30/h5-12,14-16,34H,3-4,13,32H2,1-2H3/b7-6-,8-5+,14-12-,20-17+,23-9+. The van der Waals surface area contributed by atoms with Crippen LogP contribution in [0.1, 0.15) is 37.0 Å². The molecule has 0 aliphatic heterocycles. The number of hydrogen-bond acceptors (Lipinski definition) is 7. The van der Waals surface area contributed by atoms with Crippen LogP contribution >= 0.6 is 12.3 Å². The number of nitrogens with two attached hydrogens (primary N) is 1. The Morgan fingerprint density at radius 2 is 2.05 bits per heavy atom. The fourth-order valence-electron chi connectivity index (χ4n) is 2.97. The Morgan fingerprint density at radius 3 is 2.67 bits per heavy atom. The molecule has 39 heavy (non-hydrogen) atoms. The maximum absolute atomic E-state index is 14.2. The minimum Gasteiger partial charge on any atom is -0.463 e. The summed E-state index contributed by atoms with van der Waals surface area (Å²) in [5.74, 6) is -0.600. The number of alkyl halides is 3. The molecule has 0 atom stereocenters. The Hall–Kier alpha value is -4.13. The number of anilines is 2. The number of rotatable bonds is 13. The molecule has 0 aliphatic carbocycles. The van der Waals surface area contributed by atoms with Gasteiger partial charge < -0.3 is 15.8 Å². The van der Waals surface area contributed by atoms with E-state index in [1.54, 1.807) is 13.0 Å². The first kappa shape index (κ1) is 31.1. The minimum absolute atomic E-state index is 0.0362. The fraction of sp³-hybridized carbons (Fsp3) is 0.192. The molecule has 0 amide bonds. The summed E-state index contributed by atoms with van der Waals surface area (Å²) in [6, 6.07) is 4.41. The number of nitrogens with zero attached hydrogens (tertiary/aromatic N) is 3. The molecular weight excluding hydrogens is 541 g/mol. The van der Waals surface area contributed by atoms with Crippen LogP contribution in [0.25, 0.3) is 11.3 Å². The summed E-state index contributed by atoms with van der Waals surface area (Å²) in [6.45, 7) is 6.85. The van der Waals surface area contributed by atoms with E-state index >= 15 is 0 Å². The Kier molecular flexibility index (Phi) is 11.7. The van der Waals surface area contributed by atoms with Gasteiger partial charge in [-0.05, 0) is 43.8 Å². The number of allylic oxidation sites excluding steroid dienone is 8. The number of benzene rings is 1. The van der Waals surface area contributed by atoms with E-state index in [2.05, 4.69) is 22.1 Å². The molecule has 0 unspecified atom stereocenters. The van der Waals surface area contributed by atoms with Crippen LogP contribution in [0.5, 0.6) is 5.75 Å². The smallest absolute Gasteiger partial charge is 0.392 e. The third kappa shape index (κ3) is 9.28. The molecule has 0 radical (unpaired) electrons. The quantitative estimate of drug-likeness (QED) is 0.0638. The van der Waals surface area contributed by atoms with Crippen LogP contribution in [-0.2, 0) is 0 Å². The van der Waals surface area contributed by atoms with Crippen molar-refractivity contribution >= 4 is 36.8 Å². The zero-order valence-electron chi connectivity index (χ0n) is 21.0. The van der Waals surface area contributed by atoms with Gasteiger partial charge in [-0.3, -0.25) is 4.79 Å². The van der Waals surface area contributed by atoms with E-state index in [1.807, 2.05) is 13.0 Å². The number of hydrogen-bond donors (Lipinski definition) is 2. The highest BCUT2D eigenvalue weighted by atomic mass is 32.2. The summed E-state index contributed by atoms with van der Waals surface area (Å²) in [4.78, 5) is 15.6. The molecule has 0 fully saturated rings. The van der Waals surface area contributed by atoms with E-state index in [1.165, 1.54) is 24.3 Å². The molecule has 1 aromatic carbocycles. The van der Waals surface area contributed by atoms with Gasteiger partial charge in [-0.2, -0.15) is 22.4 Å². The summed E-state index contributed by atoms with van der Waals surface area (Å²) < 4.78 is 71.2. The van der Waals surface area contributed by atoms with E-state index in [0.717, 1.165) is 35.0 Å². The van der Waals surface area contributed by atoms with Crippen molar-refractivity contribution in [1.29, 1.82) is 0 Å². The molecule has 2 aromatic rings. The fourth-order valence-corrected chi connectivity index (χ4v) is 3.30. The first-order valence-corrected chi connectivity index (χ1v) is 12.0. The minimum atomic E-state index is -4.38. The second kappa shape index (κ2) is 14.7. The number of aldehydes is 1. The summed E-state index contributed by atoms with van der Waals surface area (Å²) in [5, 5.41) is 6.72. The SMILES string of the molecule is C=N/C(=C\C=C/CC(F)(F)F)Nc1c(C=O)c(-c2ccc(N)c(O\C=C/C(F)=C(C)\C=C\CC)c2)nn1SF. The Labute approximate surface area is 226 Å². The molecule has 13 heteroatoms. The van der Waals surface area contributed by atoms with E-state index < -0.39 is 18.4 Å². The van der Waals surface area contributed by atoms with Crippen molar-refractivity contribution in [2.75, 3.05) is 11.1 Å². The molecule has 208 valence electrons. The predicted molar refractivity (Wildman–Crippen MR) is 146 cm³/mol. The van der Waals surface area contributed by atoms with Crippen LogP contribution in [0.15, 0.2) is 83.1 Å². The van der Waals surface area contributed by atoms with E-state index in [0.29, 0.717) is 17.4 Å². The normalized spacial score (nSPS) is 13.4. The zero-order chi connectivity index (χ0) is 29.0. The number of halogens is 5. The average Bonchev–Trinajstić information content (AvgIpc) is 3.26. The predicted octanol–water partition coefficient (Wildman–Crippen LogP) is 7.89. The van der Waals surface area contributed by atoms with Gasteiger partial charge in [0, 0.05) is 11.6 Å². The highest BCUT2D eigenvalue weighted by molar-refractivity contribution is 7.92. The first-order valence-electron chi connectivity index (χ1n) is 11.3. The van der Waals surface area contributed by atoms with Crippen LogP contribution in [0.3, 0.4) is 0 Å². The first-order chi connectivity index (χ1) is 18.5. The number of aromatic nitrogens is 2. The van der Waals surface area contributed by atoms with Crippen molar-refractivity contribution < 1.29 is 31.0 Å². The number of nitrogens with one attached hydrogen (secondary N) is 1. The molecule has 0 spiro atoms. The molecule has 2 rings (SSSR count). The second-order valence-electron chi connectivity index (χ2n) is 7.77. The highest BCUT2D eigenvalue weighted by Crippen LogP contribution is 2.35. The lowest BCUT2D eigenvalue weighted by Crippen LogP contribution is -2.04. The molecule has 0 saturated carbocycles. The lowest BCUT2D eigenvalue weighted by molar-refractivity contribution is -0.125. The second-order valence-corrected chi connectivity index (χ2v) is 8.25. The van der Waals surface area contributed by atoms with Crippen LogP contribution in [-0.4, -0.2) is 28.4 Å².